The van der Waals surface area contributed by atoms with Crippen LogP contribution in [-0.4, -0.2) is 36.1 Å². The van der Waals surface area contributed by atoms with E-state index in [9.17, 15) is 18.0 Å². The molecule has 1 aromatic carbocycles. The van der Waals surface area contributed by atoms with Crippen LogP contribution in [0, 0.1) is 0 Å². The average molecular weight is 354 g/mol. The van der Waals surface area contributed by atoms with Gasteiger partial charge in [0.1, 0.15) is 17.8 Å². The van der Waals surface area contributed by atoms with Gasteiger partial charge < -0.3 is 15.4 Å². The van der Waals surface area contributed by atoms with Crippen molar-refractivity contribution in [2.75, 3.05) is 30.9 Å². The van der Waals surface area contributed by atoms with Gasteiger partial charge in [-0.2, -0.15) is 13.2 Å². The third-order valence-electron chi connectivity index (χ3n) is 3.20. The van der Waals surface area contributed by atoms with Crippen molar-refractivity contribution in [2.24, 2.45) is 0 Å². The lowest BCUT2D eigenvalue weighted by Gasteiger charge is -2.09. The number of aromatic nitrogens is 2. The zero-order valence-corrected chi connectivity index (χ0v) is 13.4. The number of ether oxygens (including phenoxy) is 1. The molecule has 0 aliphatic carbocycles. The second-order valence-electron chi connectivity index (χ2n) is 5.09. The molecule has 2 aromatic rings. The van der Waals surface area contributed by atoms with Crippen molar-refractivity contribution >= 4 is 17.4 Å². The first kappa shape index (κ1) is 18.7. The van der Waals surface area contributed by atoms with Crippen LogP contribution in [0.4, 0.5) is 24.7 Å². The molecule has 6 nitrogen and oxygen atoms in total. The van der Waals surface area contributed by atoms with Gasteiger partial charge in [-0.25, -0.2) is 9.97 Å². The zero-order valence-electron chi connectivity index (χ0n) is 13.4. The number of anilines is 2. The lowest BCUT2D eigenvalue weighted by atomic mass is 10.2. The summed E-state index contributed by atoms with van der Waals surface area (Å²) < 4.78 is 42.5. The van der Waals surface area contributed by atoms with Crippen molar-refractivity contribution in [1.82, 2.24) is 9.97 Å². The van der Waals surface area contributed by atoms with Crippen LogP contribution in [0.25, 0.3) is 0 Å². The number of halogens is 3. The highest BCUT2D eigenvalue weighted by atomic mass is 19.4. The van der Waals surface area contributed by atoms with Crippen molar-refractivity contribution in [3.8, 4) is 0 Å². The fourth-order valence-corrected chi connectivity index (χ4v) is 1.95. The molecule has 0 saturated heterocycles. The molecule has 2 N–H and O–H groups in total. The summed E-state index contributed by atoms with van der Waals surface area (Å²) in [5.74, 6) is -0.0641. The van der Waals surface area contributed by atoms with Crippen molar-refractivity contribution in [3.05, 3.63) is 47.9 Å². The van der Waals surface area contributed by atoms with Gasteiger partial charge in [0.25, 0.3) is 5.91 Å². The Bertz CT molecular complexity index is 705. The van der Waals surface area contributed by atoms with Gasteiger partial charge in [0.2, 0.25) is 0 Å². The Morgan fingerprint density at radius 3 is 2.56 bits per heavy atom. The van der Waals surface area contributed by atoms with Crippen LogP contribution in [0.5, 0.6) is 0 Å². The number of benzene rings is 1. The lowest BCUT2D eigenvalue weighted by molar-refractivity contribution is -0.137. The van der Waals surface area contributed by atoms with Crippen molar-refractivity contribution in [2.45, 2.75) is 12.6 Å². The first-order chi connectivity index (χ1) is 11.9. The Morgan fingerprint density at radius 2 is 1.92 bits per heavy atom. The molecular formula is C16H17F3N4O2. The number of nitrogens with one attached hydrogen (secondary N) is 2. The maximum atomic E-state index is 12.5. The minimum atomic E-state index is -4.42. The van der Waals surface area contributed by atoms with E-state index in [1.54, 1.807) is 7.11 Å². The highest BCUT2D eigenvalue weighted by molar-refractivity contribution is 6.03. The molecule has 0 unspecified atom stereocenters. The topological polar surface area (TPSA) is 76.1 Å². The summed E-state index contributed by atoms with van der Waals surface area (Å²) in [5.41, 5.74) is -0.439. The molecule has 1 amide bonds. The van der Waals surface area contributed by atoms with E-state index in [2.05, 4.69) is 20.6 Å². The molecule has 0 atom stereocenters. The summed E-state index contributed by atoms with van der Waals surface area (Å²) in [7, 11) is 1.61. The van der Waals surface area contributed by atoms with Crippen molar-refractivity contribution in [1.29, 1.82) is 0 Å². The molecule has 9 heteroatoms. The number of rotatable bonds is 7. The van der Waals surface area contributed by atoms with E-state index in [4.69, 9.17) is 4.74 Å². The van der Waals surface area contributed by atoms with E-state index in [-0.39, 0.29) is 11.4 Å². The second-order valence-corrected chi connectivity index (χ2v) is 5.09. The molecule has 1 heterocycles. The third kappa shape index (κ3) is 5.71. The number of carbonyl (C=O) groups excluding carboxylic acids is 1. The third-order valence-corrected chi connectivity index (χ3v) is 3.20. The van der Waals surface area contributed by atoms with Gasteiger partial charge in [-0.15, -0.1) is 0 Å². The Kier molecular flexibility index (Phi) is 6.29. The largest absolute Gasteiger partial charge is 0.416 e. The minimum absolute atomic E-state index is 0.101. The quantitative estimate of drug-likeness (QED) is 0.747. The van der Waals surface area contributed by atoms with Crippen molar-refractivity contribution in [3.63, 3.8) is 0 Å². The predicted octanol–water partition coefficient (Wildman–Crippen LogP) is 3.20. The Hall–Kier alpha value is -2.68. The van der Waals surface area contributed by atoms with Crippen LogP contribution in [0.2, 0.25) is 0 Å². The van der Waals surface area contributed by atoms with Crippen molar-refractivity contribution < 1.29 is 22.7 Å². The molecular weight excluding hydrogens is 337 g/mol. The van der Waals surface area contributed by atoms with Gasteiger partial charge in [0.15, 0.2) is 0 Å². The highest BCUT2D eigenvalue weighted by Crippen LogP contribution is 2.29. The maximum Gasteiger partial charge on any atom is 0.416 e. The Morgan fingerprint density at radius 1 is 1.20 bits per heavy atom. The van der Waals surface area contributed by atoms with Crippen LogP contribution in [0.15, 0.2) is 36.7 Å². The average Bonchev–Trinajstić information content (AvgIpc) is 2.59. The summed E-state index contributed by atoms with van der Waals surface area (Å²) in [6, 6.07) is 5.64. The van der Waals surface area contributed by atoms with Crippen LogP contribution in [0.3, 0.4) is 0 Å². The number of alkyl halides is 3. The van der Waals surface area contributed by atoms with Gasteiger partial charge in [0, 0.05) is 32.0 Å². The number of nitrogens with zero attached hydrogens (tertiary/aromatic N) is 2. The summed E-state index contributed by atoms with van der Waals surface area (Å²) in [6.45, 7) is 1.21. The van der Waals surface area contributed by atoms with E-state index in [0.29, 0.717) is 19.0 Å². The van der Waals surface area contributed by atoms with E-state index in [0.717, 1.165) is 18.6 Å². The second kappa shape index (κ2) is 8.43. The summed E-state index contributed by atoms with van der Waals surface area (Å²) >= 11 is 0. The lowest BCUT2D eigenvalue weighted by Crippen LogP contribution is -2.15. The summed E-state index contributed by atoms with van der Waals surface area (Å²) in [4.78, 5) is 20.0. The normalized spacial score (nSPS) is 11.2. The first-order valence-corrected chi connectivity index (χ1v) is 7.43. The molecule has 0 radical (unpaired) electrons. The minimum Gasteiger partial charge on any atom is -0.385 e. The number of hydrogen-bond donors (Lipinski definition) is 2. The smallest absolute Gasteiger partial charge is 0.385 e. The molecule has 0 aliphatic rings. The zero-order chi connectivity index (χ0) is 18.3. The number of amides is 1. The molecule has 0 spiro atoms. The van der Waals surface area contributed by atoms with Gasteiger partial charge in [-0.3, -0.25) is 4.79 Å². The monoisotopic (exact) mass is 354 g/mol. The number of carbonyl (C=O) groups is 1. The Balaban J connectivity index is 1.98. The first-order valence-electron chi connectivity index (χ1n) is 7.43. The van der Waals surface area contributed by atoms with E-state index < -0.39 is 17.6 Å². The van der Waals surface area contributed by atoms with Crippen LogP contribution >= 0.6 is 0 Å². The predicted molar refractivity (Wildman–Crippen MR) is 86.4 cm³/mol. The Labute approximate surface area is 142 Å². The maximum absolute atomic E-state index is 12.5. The summed E-state index contributed by atoms with van der Waals surface area (Å²) in [6.07, 6.45) is -2.41. The summed E-state index contributed by atoms with van der Waals surface area (Å²) in [5, 5.41) is 5.52. The van der Waals surface area contributed by atoms with E-state index in [1.807, 2.05) is 0 Å². The van der Waals surface area contributed by atoms with E-state index >= 15 is 0 Å². The molecule has 0 saturated carbocycles. The molecule has 1 aromatic heterocycles. The standard InChI is InChI=1S/C16H17F3N4O2/c1-25-8-2-7-20-14-9-13(21-10-22-14)15(24)23-12-5-3-11(4-6-12)16(17,18)19/h3-6,9-10H,2,7-8H2,1H3,(H,23,24)(H,20,21,22). The van der Waals surface area contributed by atoms with Crippen LogP contribution < -0.4 is 10.6 Å². The molecule has 0 fully saturated rings. The van der Waals surface area contributed by atoms with Gasteiger partial charge in [-0.1, -0.05) is 0 Å². The fraction of sp³-hybridized carbons (Fsp3) is 0.312. The van der Waals surface area contributed by atoms with Gasteiger partial charge in [-0.05, 0) is 30.7 Å². The van der Waals surface area contributed by atoms with Gasteiger partial charge in [0.05, 0.1) is 5.56 Å². The molecule has 0 bridgehead atoms. The molecule has 0 aliphatic heterocycles. The van der Waals surface area contributed by atoms with E-state index in [1.165, 1.54) is 24.5 Å². The number of methoxy groups -OCH3 is 1. The van der Waals surface area contributed by atoms with Crippen LogP contribution in [0.1, 0.15) is 22.5 Å². The molecule has 25 heavy (non-hydrogen) atoms. The SMILES string of the molecule is COCCCNc1cc(C(=O)Nc2ccc(C(F)(F)F)cc2)ncn1. The van der Waals surface area contributed by atoms with Gasteiger partial charge >= 0.3 is 6.18 Å². The fourth-order valence-electron chi connectivity index (χ4n) is 1.95. The number of hydrogen-bond acceptors (Lipinski definition) is 5. The molecule has 2 rings (SSSR count). The highest BCUT2D eigenvalue weighted by Gasteiger charge is 2.30. The van der Waals surface area contributed by atoms with Crippen LogP contribution in [-0.2, 0) is 10.9 Å². The molecule has 134 valence electrons.